The molecule has 2 amide bonds. The van der Waals surface area contributed by atoms with Gasteiger partial charge < -0.3 is 15.7 Å². The molecule has 5 heteroatoms. The van der Waals surface area contributed by atoms with E-state index < -0.39 is 11.8 Å². The summed E-state index contributed by atoms with van der Waals surface area (Å²) in [4.78, 5) is 23.7. The van der Waals surface area contributed by atoms with Crippen LogP contribution in [0.5, 0.6) is 0 Å². The van der Waals surface area contributed by atoms with Crippen LogP contribution < -0.4 is 10.6 Å². The van der Waals surface area contributed by atoms with Crippen molar-refractivity contribution in [2.75, 3.05) is 11.9 Å². The zero-order valence-electron chi connectivity index (χ0n) is 13.0. The van der Waals surface area contributed by atoms with Crippen LogP contribution in [0.4, 0.5) is 5.69 Å². The van der Waals surface area contributed by atoms with Gasteiger partial charge in [0.25, 0.3) is 0 Å². The molecule has 0 radical (unpaired) electrons. The quantitative estimate of drug-likeness (QED) is 0.743. The van der Waals surface area contributed by atoms with Crippen LogP contribution in [0.2, 0.25) is 0 Å². The van der Waals surface area contributed by atoms with Crippen LogP contribution in [-0.4, -0.2) is 29.6 Å². The molecule has 0 bridgehead atoms. The highest BCUT2D eigenvalue weighted by Crippen LogP contribution is 2.23. The first kappa shape index (κ1) is 16.5. The van der Waals surface area contributed by atoms with Crippen molar-refractivity contribution in [2.24, 2.45) is 5.92 Å². The van der Waals surface area contributed by atoms with Gasteiger partial charge in [0, 0.05) is 18.2 Å². The van der Waals surface area contributed by atoms with E-state index in [1.165, 1.54) is 5.56 Å². The molecule has 1 aliphatic rings. The van der Waals surface area contributed by atoms with Crippen LogP contribution in [-0.2, 0) is 16.0 Å². The molecule has 5 nitrogen and oxygen atoms in total. The smallest absolute Gasteiger partial charge is 0.313 e. The van der Waals surface area contributed by atoms with Crippen LogP contribution in [0.3, 0.4) is 0 Å². The van der Waals surface area contributed by atoms with E-state index in [4.69, 9.17) is 0 Å². The zero-order valence-corrected chi connectivity index (χ0v) is 13.0. The molecule has 3 N–H and O–H groups in total. The van der Waals surface area contributed by atoms with E-state index in [2.05, 4.69) is 17.6 Å². The second kappa shape index (κ2) is 7.94. The molecule has 22 heavy (non-hydrogen) atoms. The number of carbonyl (C=O) groups is 2. The number of benzene rings is 1. The van der Waals surface area contributed by atoms with Crippen molar-refractivity contribution in [3.63, 3.8) is 0 Å². The van der Waals surface area contributed by atoms with Crippen molar-refractivity contribution in [1.29, 1.82) is 0 Å². The Morgan fingerprint density at radius 2 is 1.82 bits per heavy atom. The second-order valence-electron chi connectivity index (χ2n) is 5.83. The molecule has 1 aromatic carbocycles. The number of rotatable bonds is 4. The number of carbonyl (C=O) groups excluding carboxylic acids is 2. The summed E-state index contributed by atoms with van der Waals surface area (Å²) in [7, 11) is 0. The maximum atomic E-state index is 11.8. The number of nitrogens with one attached hydrogen (secondary N) is 2. The summed E-state index contributed by atoms with van der Waals surface area (Å²) < 4.78 is 0. The van der Waals surface area contributed by atoms with Crippen molar-refractivity contribution in [1.82, 2.24) is 5.32 Å². The first-order valence-corrected chi connectivity index (χ1v) is 7.96. The highest BCUT2D eigenvalue weighted by molar-refractivity contribution is 6.39. The van der Waals surface area contributed by atoms with Crippen molar-refractivity contribution in [3.05, 3.63) is 29.8 Å². The summed E-state index contributed by atoms with van der Waals surface area (Å²) in [6, 6.07) is 7.42. The van der Waals surface area contributed by atoms with Gasteiger partial charge in [-0.05, 0) is 37.0 Å². The Balaban J connectivity index is 1.79. The summed E-state index contributed by atoms with van der Waals surface area (Å²) in [6.45, 7) is 2.41. The minimum atomic E-state index is -0.672. The SMILES string of the molecule is CCc1ccc(NC(=O)C(=O)NC[C@@H]2CCCC[C@@H]2O)cc1. The van der Waals surface area contributed by atoms with Gasteiger partial charge in [-0.25, -0.2) is 0 Å². The summed E-state index contributed by atoms with van der Waals surface area (Å²) in [6.07, 6.45) is 4.31. The molecule has 0 aliphatic heterocycles. The fourth-order valence-corrected chi connectivity index (χ4v) is 2.74. The minimum absolute atomic E-state index is 0.0503. The van der Waals surface area contributed by atoms with Gasteiger partial charge in [-0.1, -0.05) is 31.9 Å². The Hall–Kier alpha value is -1.88. The highest BCUT2D eigenvalue weighted by Gasteiger charge is 2.24. The standard InChI is InChI=1S/C17H24N2O3/c1-2-12-7-9-14(10-8-12)19-17(22)16(21)18-11-13-5-3-4-6-15(13)20/h7-10,13,15,20H,2-6,11H2,1H3,(H,18,21)(H,19,22)/t13-,15-/m0/s1. The molecule has 0 aromatic heterocycles. The number of amides is 2. The predicted octanol–water partition coefficient (Wildman–Crippen LogP) is 1.85. The maximum absolute atomic E-state index is 11.8. The van der Waals surface area contributed by atoms with E-state index in [1.54, 1.807) is 12.1 Å². The molecular formula is C17H24N2O3. The summed E-state index contributed by atoms with van der Waals surface area (Å²) >= 11 is 0. The molecule has 1 aromatic rings. The number of aryl methyl sites for hydroxylation is 1. The Labute approximate surface area is 131 Å². The summed E-state index contributed by atoms with van der Waals surface area (Å²) in [5.74, 6) is -1.28. The molecular weight excluding hydrogens is 280 g/mol. The third-order valence-electron chi connectivity index (χ3n) is 4.22. The molecule has 0 unspecified atom stereocenters. The van der Waals surface area contributed by atoms with Crippen LogP contribution in [0.25, 0.3) is 0 Å². The van der Waals surface area contributed by atoms with E-state index >= 15 is 0 Å². The van der Waals surface area contributed by atoms with Gasteiger partial charge in [-0.2, -0.15) is 0 Å². The topological polar surface area (TPSA) is 78.4 Å². The van der Waals surface area contributed by atoms with Gasteiger partial charge in [0.05, 0.1) is 6.10 Å². The van der Waals surface area contributed by atoms with Crippen LogP contribution in [0, 0.1) is 5.92 Å². The van der Waals surface area contributed by atoms with Gasteiger partial charge in [-0.3, -0.25) is 9.59 Å². The average molecular weight is 304 g/mol. The van der Waals surface area contributed by atoms with Gasteiger partial charge >= 0.3 is 11.8 Å². The van der Waals surface area contributed by atoms with Crippen molar-refractivity contribution in [3.8, 4) is 0 Å². The van der Waals surface area contributed by atoms with Crippen molar-refractivity contribution < 1.29 is 14.7 Å². The zero-order chi connectivity index (χ0) is 15.9. The minimum Gasteiger partial charge on any atom is -0.393 e. The fourth-order valence-electron chi connectivity index (χ4n) is 2.74. The molecule has 0 heterocycles. The Morgan fingerprint density at radius 3 is 2.45 bits per heavy atom. The Morgan fingerprint density at radius 1 is 1.14 bits per heavy atom. The lowest BCUT2D eigenvalue weighted by atomic mass is 9.86. The maximum Gasteiger partial charge on any atom is 0.313 e. The highest BCUT2D eigenvalue weighted by atomic mass is 16.3. The number of aliphatic hydroxyl groups excluding tert-OH is 1. The average Bonchev–Trinajstić information content (AvgIpc) is 2.54. The lowest BCUT2D eigenvalue weighted by Crippen LogP contribution is -2.41. The van der Waals surface area contributed by atoms with Gasteiger partial charge in [0.2, 0.25) is 0 Å². The lowest BCUT2D eigenvalue weighted by molar-refractivity contribution is -0.136. The molecule has 0 spiro atoms. The van der Waals surface area contributed by atoms with E-state index in [0.29, 0.717) is 12.2 Å². The van der Waals surface area contributed by atoms with E-state index in [-0.39, 0.29) is 12.0 Å². The predicted molar refractivity (Wildman–Crippen MR) is 85.4 cm³/mol. The Bertz CT molecular complexity index is 513. The lowest BCUT2D eigenvalue weighted by Gasteiger charge is -2.27. The van der Waals surface area contributed by atoms with E-state index in [1.807, 2.05) is 12.1 Å². The Kier molecular flexibility index (Phi) is 5.95. The molecule has 0 saturated heterocycles. The molecule has 2 atom stereocenters. The molecule has 1 fully saturated rings. The third-order valence-corrected chi connectivity index (χ3v) is 4.22. The summed E-state index contributed by atoms with van der Waals surface area (Å²) in [5.41, 5.74) is 1.78. The molecule has 120 valence electrons. The van der Waals surface area contributed by atoms with Crippen molar-refractivity contribution in [2.45, 2.75) is 45.1 Å². The van der Waals surface area contributed by atoms with Crippen LogP contribution in [0.1, 0.15) is 38.2 Å². The second-order valence-corrected chi connectivity index (χ2v) is 5.83. The molecule has 1 aliphatic carbocycles. The van der Waals surface area contributed by atoms with E-state index in [0.717, 1.165) is 32.1 Å². The molecule has 2 rings (SSSR count). The monoisotopic (exact) mass is 304 g/mol. The van der Waals surface area contributed by atoms with Crippen LogP contribution >= 0.6 is 0 Å². The fraction of sp³-hybridized carbons (Fsp3) is 0.529. The van der Waals surface area contributed by atoms with Crippen molar-refractivity contribution >= 4 is 17.5 Å². The number of hydrogen-bond donors (Lipinski definition) is 3. The first-order valence-electron chi connectivity index (χ1n) is 7.96. The van der Waals surface area contributed by atoms with Crippen LogP contribution in [0.15, 0.2) is 24.3 Å². The van der Waals surface area contributed by atoms with E-state index in [9.17, 15) is 14.7 Å². The number of hydrogen-bond acceptors (Lipinski definition) is 3. The number of anilines is 1. The van der Waals surface area contributed by atoms with Gasteiger partial charge in [0.1, 0.15) is 0 Å². The molecule has 1 saturated carbocycles. The number of aliphatic hydroxyl groups is 1. The third kappa shape index (κ3) is 4.56. The van der Waals surface area contributed by atoms with Gasteiger partial charge in [-0.15, -0.1) is 0 Å². The summed E-state index contributed by atoms with van der Waals surface area (Å²) in [5, 5.41) is 15.0. The first-order chi connectivity index (χ1) is 10.6. The largest absolute Gasteiger partial charge is 0.393 e. The normalized spacial score (nSPS) is 21.2. The van der Waals surface area contributed by atoms with Gasteiger partial charge in [0.15, 0.2) is 0 Å².